The number of nitrogens with zero attached hydrogens (tertiary/aromatic N) is 2. The lowest BCUT2D eigenvalue weighted by molar-refractivity contribution is 0.187. The molecule has 0 saturated heterocycles. The molecule has 4 rings (SSSR count). The van der Waals surface area contributed by atoms with Gasteiger partial charge in [0.25, 0.3) is 0 Å². The number of methoxy groups -OCH3 is 2. The summed E-state index contributed by atoms with van der Waals surface area (Å²) in [5.41, 5.74) is 4.59. The van der Waals surface area contributed by atoms with Crippen LogP contribution in [0.4, 0.5) is 0 Å². The molecule has 0 amide bonds. The van der Waals surface area contributed by atoms with Crippen molar-refractivity contribution in [2.24, 2.45) is 0 Å². The molecule has 138 valence electrons. The Balaban J connectivity index is 1.71. The van der Waals surface area contributed by atoms with E-state index in [0.717, 1.165) is 29.5 Å². The predicted octanol–water partition coefficient (Wildman–Crippen LogP) is 3.85. The van der Waals surface area contributed by atoms with Gasteiger partial charge in [-0.15, -0.1) is 0 Å². The third-order valence-electron chi connectivity index (χ3n) is 5.63. The molecule has 1 aliphatic rings. The van der Waals surface area contributed by atoms with Crippen molar-refractivity contribution >= 4 is 10.9 Å². The summed E-state index contributed by atoms with van der Waals surface area (Å²) < 4.78 is 10.9. The lowest BCUT2D eigenvalue weighted by atomic mass is 9.86. The zero-order chi connectivity index (χ0) is 19.0. The summed E-state index contributed by atoms with van der Waals surface area (Å²) in [6.45, 7) is 0. The minimum atomic E-state index is -0.302. The van der Waals surface area contributed by atoms with E-state index in [1.807, 2.05) is 25.2 Å². The smallest absolute Gasteiger partial charge is 0.161 e. The van der Waals surface area contributed by atoms with Gasteiger partial charge in [-0.25, -0.2) is 0 Å². The number of nitriles is 1. The fourth-order valence-electron chi connectivity index (χ4n) is 4.13. The quantitative estimate of drug-likeness (QED) is 0.767. The van der Waals surface area contributed by atoms with Crippen LogP contribution >= 0.6 is 0 Å². The van der Waals surface area contributed by atoms with Crippen LogP contribution in [0.25, 0.3) is 10.9 Å². The first kappa shape index (κ1) is 17.4. The normalized spacial score (nSPS) is 19.5. The maximum absolute atomic E-state index is 9.84. The van der Waals surface area contributed by atoms with Gasteiger partial charge in [0.15, 0.2) is 11.5 Å². The first-order chi connectivity index (χ1) is 13.2. The van der Waals surface area contributed by atoms with Crippen LogP contribution in [-0.4, -0.2) is 37.2 Å². The molecule has 0 fully saturated rings. The summed E-state index contributed by atoms with van der Waals surface area (Å²) in [5.74, 6) is 1.38. The van der Waals surface area contributed by atoms with Gasteiger partial charge in [0.2, 0.25) is 0 Å². The molecule has 2 aromatic carbocycles. The van der Waals surface area contributed by atoms with Crippen molar-refractivity contribution in [2.45, 2.75) is 24.9 Å². The second kappa shape index (κ2) is 6.98. The number of benzene rings is 2. The van der Waals surface area contributed by atoms with E-state index in [-0.39, 0.29) is 12.1 Å². The molecule has 0 aliphatic carbocycles. The summed E-state index contributed by atoms with van der Waals surface area (Å²) in [7, 11) is 5.30. The van der Waals surface area contributed by atoms with Crippen LogP contribution in [0.2, 0.25) is 0 Å². The predicted molar refractivity (Wildman–Crippen MR) is 105 cm³/mol. The second-order valence-corrected chi connectivity index (χ2v) is 7.02. The van der Waals surface area contributed by atoms with Crippen molar-refractivity contribution in [3.8, 4) is 17.6 Å². The van der Waals surface area contributed by atoms with Crippen LogP contribution < -0.4 is 9.47 Å². The Morgan fingerprint density at radius 2 is 1.93 bits per heavy atom. The van der Waals surface area contributed by atoms with E-state index < -0.39 is 0 Å². The molecule has 0 bridgehead atoms. The van der Waals surface area contributed by atoms with Gasteiger partial charge >= 0.3 is 0 Å². The number of para-hydroxylation sites is 1. The highest BCUT2D eigenvalue weighted by Gasteiger charge is 2.33. The highest BCUT2D eigenvalue weighted by Crippen LogP contribution is 2.40. The number of hydrogen-bond donors (Lipinski definition) is 1. The van der Waals surface area contributed by atoms with E-state index in [1.54, 1.807) is 14.2 Å². The number of fused-ring (bicyclic) bond motifs is 2. The van der Waals surface area contributed by atoms with Crippen molar-refractivity contribution in [1.29, 1.82) is 5.26 Å². The molecule has 1 aliphatic heterocycles. The van der Waals surface area contributed by atoms with Crippen LogP contribution in [0.5, 0.6) is 11.5 Å². The summed E-state index contributed by atoms with van der Waals surface area (Å²) in [6, 6.07) is 14.7. The minimum Gasteiger partial charge on any atom is -0.493 e. The number of rotatable bonds is 4. The highest BCUT2D eigenvalue weighted by atomic mass is 16.5. The fraction of sp³-hybridized carbons (Fsp3) is 0.318. The molecule has 2 heterocycles. The zero-order valence-corrected chi connectivity index (χ0v) is 15.8. The number of nitrogens with one attached hydrogen (secondary N) is 1. The maximum Gasteiger partial charge on any atom is 0.161 e. The summed E-state index contributed by atoms with van der Waals surface area (Å²) in [5, 5.41) is 11.1. The van der Waals surface area contributed by atoms with Crippen molar-refractivity contribution in [3.63, 3.8) is 0 Å². The molecule has 0 radical (unpaired) electrons. The number of aromatic nitrogens is 1. The molecule has 3 aromatic rings. The van der Waals surface area contributed by atoms with E-state index in [1.165, 1.54) is 10.9 Å². The van der Waals surface area contributed by atoms with Crippen molar-refractivity contribution in [3.05, 3.63) is 59.3 Å². The maximum atomic E-state index is 9.84. The minimum absolute atomic E-state index is 0.236. The largest absolute Gasteiger partial charge is 0.493 e. The molecule has 1 aromatic heterocycles. The van der Waals surface area contributed by atoms with Gasteiger partial charge < -0.3 is 14.5 Å². The Hall–Kier alpha value is -2.97. The second-order valence-electron chi connectivity index (χ2n) is 7.02. The SMILES string of the molecule is COc1cc2c(cc1OC)[C@H](C#N)N(C)[C@H](Cc1c[nH]c3ccccc13)C2. The molecular weight excluding hydrogens is 338 g/mol. The van der Waals surface area contributed by atoms with Crippen LogP contribution in [0.15, 0.2) is 42.6 Å². The lowest BCUT2D eigenvalue weighted by Gasteiger charge is -2.38. The molecule has 0 unspecified atom stereocenters. The van der Waals surface area contributed by atoms with Gasteiger partial charge in [-0.3, -0.25) is 4.90 Å². The standard InChI is InChI=1S/C22H23N3O2/c1-25-16(9-15-13-24-19-7-5-4-6-17(15)19)8-14-10-21(26-2)22(27-3)11-18(14)20(25)12-23/h4-7,10-11,13,16,20,24H,8-9H2,1-3H3/t16-,20-/m0/s1. The van der Waals surface area contributed by atoms with E-state index in [0.29, 0.717) is 11.5 Å². The van der Waals surface area contributed by atoms with Crippen molar-refractivity contribution < 1.29 is 9.47 Å². The first-order valence-electron chi connectivity index (χ1n) is 9.07. The van der Waals surface area contributed by atoms with Gasteiger partial charge in [-0.2, -0.15) is 5.26 Å². The Labute approximate surface area is 159 Å². The molecule has 1 N–H and O–H groups in total. The van der Waals surface area contributed by atoms with E-state index >= 15 is 0 Å². The third-order valence-corrected chi connectivity index (χ3v) is 5.63. The summed E-state index contributed by atoms with van der Waals surface area (Å²) in [4.78, 5) is 5.53. The Morgan fingerprint density at radius 1 is 1.19 bits per heavy atom. The monoisotopic (exact) mass is 361 g/mol. The average Bonchev–Trinajstić information content (AvgIpc) is 3.11. The van der Waals surface area contributed by atoms with Gasteiger partial charge in [-0.05, 0) is 54.8 Å². The van der Waals surface area contributed by atoms with Crippen molar-refractivity contribution in [2.75, 3.05) is 21.3 Å². The molecule has 5 nitrogen and oxygen atoms in total. The third kappa shape index (κ3) is 2.92. The Morgan fingerprint density at radius 3 is 2.67 bits per heavy atom. The highest BCUT2D eigenvalue weighted by molar-refractivity contribution is 5.83. The topological polar surface area (TPSA) is 61.3 Å². The summed E-state index contributed by atoms with van der Waals surface area (Å²) >= 11 is 0. The number of hydrogen-bond acceptors (Lipinski definition) is 4. The van der Waals surface area contributed by atoms with E-state index in [2.05, 4.69) is 40.3 Å². The number of ether oxygens (including phenoxy) is 2. The van der Waals surface area contributed by atoms with Gasteiger partial charge in [0.05, 0.1) is 20.3 Å². The zero-order valence-electron chi connectivity index (χ0n) is 15.8. The van der Waals surface area contributed by atoms with E-state index in [9.17, 15) is 5.26 Å². The van der Waals surface area contributed by atoms with Crippen LogP contribution in [-0.2, 0) is 12.8 Å². The lowest BCUT2D eigenvalue weighted by Crippen LogP contribution is -2.42. The molecular formula is C22H23N3O2. The van der Waals surface area contributed by atoms with Gasteiger partial charge in [0.1, 0.15) is 6.04 Å². The van der Waals surface area contributed by atoms with Gasteiger partial charge in [0, 0.05) is 23.1 Å². The first-order valence-corrected chi connectivity index (χ1v) is 9.07. The molecule has 2 atom stereocenters. The average molecular weight is 361 g/mol. The number of aromatic amines is 1. The molecule has 0 spiro atoms. The van der Waals surface area contributed by atoms with E-state index in [4.69, 9.17) is 9.47 Å². The molecule has 0 saturated carbocycles. The molecule has 27 heavy (non-hydrogen) atoms. The number of H-pyrrole nitrogens is 1. The summed E-state index contributed by atoms with van der Waals surface area (Å²) in [6.07, 6.45) is 3.83. The Bertz CT molecular complexity index is 1020. The van der Waals surface area contributed by atoms with Crippen molar-refractivity contribution in [1.82, 2.24) is 9.88 Å². The van der Waals surface area contributed by atoms with Crippen LogP contribution in [0, 0.1) is 11.3 Å². The van der Waals surface area contributed by atoms with Crippen LogP contribution in [0.3, 0.4) is 0 Å². The number of likely N-dealkylation sites (N-methyl/N-ethyl adjacent to an activating group) is 1. The van der Waals surface area contributed by atoms with Gasteiger partial charge in [-0.1, -0.05) is 18.2 Å². The molecule has 5 heteroatoms. The Kier molecular flexibility index (Phi) is 4.51. The van der Waals surface area contributed by atoms with Crippen LogP contribution in [0.1, 0.15) is 22.7 Å². The fourth-order valence-corrected chi connectivity index (χ4v) is 4.13.